The molecule has 0 bridgehead atoms. The molecule has 2 aromatic rings. The van der Waals surface area contributed by atoms with Crippen molar-refractivity contribution in [2.75, 3.05) is 7.05 Å². The highest BCUT2D eigenvalue weighted by Crippen LogP contribution is 2.18. The third-order valence-electron chi connectivity index (χ3n) is 2.01. The minimum Gasteiger partial charge on any atom is -0.418 e. The number of aromatic nitrogens is 3. The zero-order chi connectivity index (χ0) is 10.7. The summed E-state index contributed by atoms with van der Waals surface area (Å²) in [4.78, 5) is 4.21. The summed E-state index contributed by atoms with van der Waals surface area (Å²) in [5.74, 6) is 1.04. The molecule has 0 amide bonds. The number of pyridine rings is 1. The maximum atomic E-state index is 5.44. The smallest absolute Gasteiger partial charge is 0.266 e. The van der Waals surface area contributed by atoms with Crippen molar-refractivity contribution in [3.8, 4) is 11.6 Å². The van der Waals surface area contributed by atoms with Gasteiger partial charge in [0.15, 0.2) is 0 Å². The first-order valence-corrected chi connectivity index (χ1v) is 4.70. The van der Waals surface area contributed by atoms with Crippen LogP contribution in [0.5, 0.6) is 0 Å². The first-order chi connectivity index (χ1) is 7.31. The van der Waals surface area contributed by atoms with Crippen molar-refractivity contribution in [2.24, 2.45) is 0 Å². The predicted molar refractivity (Wildman–Crippen MR) is 55.0 cm³/mol. The maximum Gasteiger partial charge on any atom is 0.266 e. The second-order valence-corrected chi connectivity index (χ2v) is 3.20. The van der Waals surface area contributed by atoms with Gasteiger partial charge in [0.05, 0.1) is 6.54 Å². The highest BCUT2D eigenvalue weighted by Gasteiger charge is 2.10. The monoisotopic (exact) mass is 204 g/mol. The topological polar surface area (TPSA) is 63.8 Å². The van der Waals surface area contributed by atoms with Crippen LogP contribution < -0.4 is 5.32 Å². The third-order valence-corrected chi connectivity index (χ3v) is 2.01. The minimum absolute atomic E-state index is 0.471. The van der Waals surface area contributed by atoms with E-state index in [0.717, 1.165) is 11.3 Å². The SMILES string of the molecule is CNCc1nnc(-c2ncccc2C)o1. The highest BCUT2D eigenvalue weighted by molar-refractivity contribution is 5.51. The van der Waals surface area contributed by atoms with E-state index in [1.54, 1.807) is 6.20 Å². The summed E-state index contributed by atoms with van der Waals surface area (Å²) < 4.78 is 5.44. The van der Waals surface area contributed by atoms with E-state index < -0.39 is 0 Å². The Labute approximate surface area is 87.6 Å². The molecule has 5 nitrogen and oxygen atoms in total. The van der Waals surface area contributed by atoms with Crippen LogP contribution in [0.15, 0.2) is 22.7 Å². The first-order valence-electron chi connectivity index (χ1n) is 4.70. The summed E-state index contributed by atoms with van der Waals surface area (Å²) in [5.41, 5.74) is 1.77. The van der Waals surface area contributed by atoms with Gasteiger partial charge in [-0.05, 0) is 25.6 Å². The molecule has 0 spiro atoms. The zero-order valence-corrected chi connectivity index (χ0v) is 8.69. The summed E-state index contributed by atoms with van der Waals surface area (Å²) >= 11 is 0. The summed E-state index contributed by atoms with van der Waals surface area (Å²) in [7, 11) is 1.83. The number of aryl methyl sites for hydroxylation is 1. The molecule has 1 N–H and O–H groups in total. The Morgan fingerprint density at radius 3 is 3.00 bits per heavy atom. The van der Waals surface area contributed by atoms with Gasteiger partial charge in [0.25, 0.3) is 5.89 Å². The van der Waals surface area contributed by atoms with E-state index >= 15 is 0 Å². The Balaban J connectivity index is 2.33. The molecule has 5 heteroatoms. The number of nitrogens with zero attached hydrogens (tertiary/aromatic N) is 3. The fourth-order valence-corrected chi connectivity index (χ4v) is 1.28. The highest BCUT2D eigenvalue weighted by atomic mass is 16.4. The van der Waals surface area contributed by atoms with Crippen LogP contribution in [-0.2, 0) is 6.54 Å². The molecule has 2 rings (SSSR count). The van der Waals surface area contributed by atoms with Gasteiger partial charge >= 0.3 is 0 Å². The fraction of sp³-hybridized carbons (Fsp3) is 0.300. The van der Waals surface area contributed by atoms with Crippen LogP contribution >= 0.6 is 0 Å². The van der Waals surface area contributed by atoms with Crippen molar-refractivity contribution in [1.29, 1.82) is 0 Å². The van der Waals surface area contributed by atoms with Gasteiger partial charge in [0.1, 0.15) is 5.69 Å². The normalized spacial score (nSPS) is 10.5. The van der Waals surface area contributed by atoms with Crippen LogP contribution in [0.3, 0.4) is 0 Å². The van der Waals surface area contributed by atoms with Crippen LogP contribution in [0.4, 0.5) is 0 Å². The predicted octanol–water partition coefficient (Wildman–Crippen LogP) is 1.16. The van der Waals surface area contributed by atoms with Crippen LogP contribution in [0.2, 0.25) is 0 Å². The lowest BCUT2D eigenvalue weighted by Gasteiger charge is -1.97. The van der Waals surface area contributed by atoms with Crippen molar-refractivity contribution >= 4 is 0 Å². The van der Waals surface area contributed by atoms with Gasteiger partial charge in [0, 0.05) is 6.20 Å². The molecule has 0 aliphatic heterocycles. The molecule has 15 heavy (non-hydrogen) atoms. The second kappa shape index (κ2) is 4.18. The van der Waals surface area contributed by atoms with E-state index in [9.17, 15) is 0 Å². The van der Waals surface area contributed by atoms with Gasteiger partial charge in [0.2, 0.25) is 5.89 Å². The Bertz CT molecular complexity index is 452. The average Bonchev–Trinajstić information content (AvgIpc) is 2.68. The van der Waals surface area contributed by atoms with Crippen molar-refractivity contribution < 1.29 is 4.42 Å². The van der Waals surface area contributed by atoms with Crippen molar-refractivity contribution in [3.05, 3.63) is 29.8 Å². The quantitative estimate of drug-likeness (QED) is 0.812. The molecule has 0 aromatic carbocycles. The molecule has 0 saturated carbocycles. The van der Waals surface area contributed by atoms with Crippen molar-refractivity contribution in [1.82, 2.24) is 20.5 Å². The van der Waals surface area contributed by atoms with E-state index in [2.05, 4.69) is 20.5 Å². The molecule has 2 heterocycles. The lowest BCUT2D eigenvalue weighted by molar-refractivity contribution is 0.489. The fourth-order valence-electron chi connectivity index (χ4n) is 1.28. The van der Waals surface area contributed by atoms with E-state index in [1.807, 2.05) is 26.1 Å². The van der Waals surface area contributed by atoms with Gasteiger partial charge in [-0.2, -0.15) is 0 Å². The molecule has 0 fully saturated rings. The molecule has 78 valence electrons. The molecule has 0 atom stereocenters. The number of hydrogen-bond acceptors (Lipinski definition) is 5. The largest absolute Gasteiger partial charge is 0.418 e. The molecule has 0 saturated heterocycles. The Morgan fingerprint density at radius 2 is 2.27 bits per heavy atom. The summed E-state index contributed by atoms with van der Waals surface area (Å²) in [6, 6.07) is 3.84. The molecule has 0 aliphatic carbocycles. The average molecular weight is 204 g/mol. The van der Waals surface area contributed by atoms with Crippen LogP contribution in [0, 0.1) is 6.92 Å². The molecular weight excluding hydrogens is 192 g/mol. The molecular formula is C10H12N4O. The van der Waals surface area contributed by atoms with Gasteiger partial charge in [-0.15, -0.1) is 10.2 Å². The number of rotatable bonds is 3. The zero-order valence-electron chi connectivity index (χ0n) is 8.69. The summed E-state index contributed by atoms with van der Waals surface area (Å²) in [5, 5.41) is 10.8. The van der Waals surface area contributed by atoms with E-state index in [0.29, 0.717) is 18.3 Å². The standard InChI is InChI=1S/C10H12N4O/c1-7-4-3-5-12-9(7)10-14-13-8(15-10)6-11-2/h3-5,11H,6H2,1-2H3. The van der Waals surface area contributed by atoms with Crippen LogP contribution in [0.25, 0.3) is 11.6 Å². The van der Waals surface area contributed by atoms with E-state index in [1.165, 1.54) is 0 Å². The Morgan fingerprint density at radius 1 is 1.40 bits per heavy atom. The lowest BCUT2D eigenvalue weighted by Crippen LogP contribution is -2.04. The second-order valence-electron chi connectivity index (χ2n) is 3.20. The molecule has 2 aromatic heterocycles. The summed E-state index contributed by atoms with van der Waals surface area (Å²) in [6.07, 6.45) is 1.71. The summed E-state index contributed by atoms with van der Waals surface area (Å²) in [6.45, 7) is 2.53. The molecule has 0 aliphatic rings. The van der Waals surface area contributed by atoms with Gasteiger partial charge < -0.3 is 9.73 Å². The van der Waals surface area contributed by atoms with Gasteiger partial charge in [-0.25, -0.2) is 0 Å². The van der Waals surface area contributed by atoms with Gasteiger partial charge in [-0.1, -0.05) is 6.07 Å². The van der Waals surface area contributed by atoms with Crippen molar-refractivity contribution in [3.63, 3.8) is 0 Å². The molecule has 0 unspecified atom stereocenters. The Kier molecular flexibility index (Phi) is 2.73. The van der Waals surface area contributed by atoms with Gasteiger partial charge in [-0.3, -0.25) is 4.98 Å². The maximum absolute atomic E-state index is 5.44. The number of nitrogens with one attached hydrogen (secondary N) is 1. The minimum atomic E-state index is 0.471. The number of hydrogen-bond donors (Lipinski definition) is 1. The third kappa shape index (κ3) is 2.02. The van der Waals surface area contributed by atoms with E-state index in [-0.39, 0.29) is 0 Å². The molecule has 0 radical (unpaired) electrons. The first kappa shape index (κ1) is 9.79. The van der Waals surface area contributed by atoms with Crippen LogP contribution in [-0.4, -0.2) is 22.2 Å². The van der Waals surface area contributed by atoms with E-state index in [4.69, 9.17) is 4.42 Å². The van der Waals surface area contributed by atoms with Crippen molar-refractivity contribution in [2.45, 2.75) is 13.5 Å². The van der Waals surface area contributed by atoms with Crippen LogP contribution in [0.1, 0.15) is 11.5 Å². The lowest BCUT2D eigenvalue weighted by atomic mass is 10.2. The Hall–Kier alpha value is -1.75.